The zero-order valence-corrected chi connectivity index (χ0v) is 15.8. The highest BCUT2D eigenvalue weighted by Gasteiger charge is 2.13. The van der Waals surface area contributed by atoms with Crippen LogP contribution in [0.3, 0.4) is 0 Å². The Morgan fingerprint density at radius 2 is 1.81 bits per heavy atom. The van der Waals surface area contributed by atoms with Gasteiger partial charge in [-0.3, -0.25) is 9.69 Å². The van der Waals surface area contributed by atoms with Gasteiger partial charge < -0.3 is 10.1 Å². The molecule has 1 heterocycles. The van der Waals surface area contributed by atoms with Gasteiger partial charge in [0.05, 0.1) is 7.11 Å². The van der Waals surface area contributed by atoms with E-state index >= 15 is 0 Å². The first-order valence-corrected chi connectivity index (χ1v) is 9.39. The number of carbonyl (C=O) groups is 1. The minimum absolute atomic E-state index is 0.0731. The number of methoxy groups -OCH3 is 1. The molecular weight excluding hydrogens is 324 g/mol. The minimum Gasteiger partial charge on any atom is -0.496 e. The summed E-state index contributed by atoms with van der Waals surface area (Å²) in [5, 5.41) is 3.05. The third-order valence-electron chi connectivity index (χ3n) is 5.07. The van der Waals surface area contributed by atoms with Gasteiger partial charge in [0.2, 0.25) is 0 Å². The van der Waals surface area contributed by atoms with E-state index in [1.165, 1.54) is 43.5 Å². The van der Waals surface area contributed by atoms with E-state index in [9.17, 15) is 4.79 Å². The molecule has 1 saturated heterocycles. The Hall–Kier alpha value is -2.33. The Labute approximate surface area is 156 Å². The predicted molar refractivity (Wildman–Crippen MR) is 104 cm³/mol. The summed E-state index contributed by atoms with van der Waals surface area (Å²) in [4.78, 5) is 15.0. The number of aryl methyl sites for hydroxylation is 1. The lowest BCUT2D eigenvalue weighted by Gasteiger charge is -2.27. The third kappa shape index (κ3) is 4.64. The van der Waals surface area contributed by atoms with Crippen molar-refractivity contribution in [3.05, 3.63) is 64.7 Å². The number of likely N-dealkylation sites (tertiary alicyclic amines) is 1. The van der Waals surface area contributed by atoms with Crippen molar-refractivity contribution >= 4 is 5.91 Å². The second kappa shape index (κ2) is 8.86. The lowest BCUT2D eigenvalue weighted by molar-refractivity contribution is 0.0950. The molecular formula is C22H28N2O2. The molecule has 0 radical (unpaired) electrons. The van der Waals surface area contributed by atoms with Crippen molar-refractivity contribution < 1.29 is 9.53 Å². The molecule has 0 saturated carbocycles. The topological polar surface area (TPSA) is 41.6 Å². The molecule has 0 aromatic heterocycles. The molecule has 0 aliphatic carbocycles. The maximum absolute atomic E-state index is 12.5. The normalized spacial score (nSPS) is 14.8. The van der Waals surface area contributed by atoms with E-state index in [-0.39, 0.29) is 5.91 Å². The van der Waals surface area contributed by atoms with Gasteiger partial charge in [0, 0.05) is 18.7 Å². The van der Waals surface area contributed by atoms with Crippen LogP contribution >= 0.6 is 0 Å². The maximum atomic E-state index is 12.5. The number of carbonyl (C=O) groups excluding carboxylic acids is 1. The van der Waals surface area contributed by atoms with E-state index in [1.807, 2.05) is 25.1 Å². The standard InChI is InChI=1S/C22H28N2O2/c1-17-10-11-18(14-21(17)26-2)22(25)23-15-19-8-4-5-9-20(19)16-24-12-6-3-7-13-24/h4-5,8-11,14H,3,6-7,12-13,15-16H2,1-2H3,(H,23,25). The smallest absolute Gasteiger partial charge is 0.251 e. The quantitative estimate of drug-likeness (QED) is 0.857. The van der Waals surface area contributed by atoms with Crippen molar-refractivity contribution in [3.63, 3.8) is 0 Å². The van der Waals surface area contributed by atoms with Crippen LogP contribution in [0.15, 0.2) is 42.5 Å². The molecule has 0 atom stereocenters. The van der Waals surface area contributed by atoms with Gasteiger partial charge in [-0.2, -0.15) is 0 Å². The third-order valence-corrected chi connectivity index (χ3v) is 5.07. The molecule has 1 fully saturated rings. The monoisotopic (exact) mass is 352 g/mol. The number of nitrogens with zero attached hydrogens (tertiary/aromatic N) is 1. The molecule has 0 bridgehead atoms. The predicted octanol–water partition coefficient (Wildman–Crippen LogP) is 3.92. The summed E-state index contributed by atoms with van der Waals surface area (Å²) in [6.45, 7) is 5.81. The Balaban J connectivity index is 1.64. The fraction of sp³-hybridized carbons (Fsp3) is 0.409. The summed E-state index contributed by atoms with van der Waals surface area (Å²) >= 11 is 0. The first-order valence-electron chi connectivity index (χ1n) is 9.39. The highest BCUT2D eigenvalue weighted by atomic mass is 16.5. The van der Waals surface area contributed by atoms with E-state index in [4.69, 9.17) is 4.74 Å². The molecule has 3 rings (SSSR count). The molecule has 1 aliphatic heterocycles. The molecule has 1 N–H and O–H groups in total. The summed E-state index contributed by atoms with van der Waals surface area (Å²) in [6.07, 6.45) is 3.91. The molecule has 26 heavy (non-hydrogen) atoms. The highest BCUT2D eigenvalue weighted by molar-refractivity contribution is 5.94. The lowest BCUT2D eigenvalue weighted by Crippen LogP contribution is -2.30. The number of benzene rings is 2. The Morgan fingerprint density at radius 3 is 2.54 bits per heavy atom. The number of amides is 1. The summed E-state index contributed by atoms with van der Waals surface area (Å²) < 4.78 is 5.32. The van der Waals surface area contributed by atoms with Crippen molar-refractivity contribution in [3.8, 4) is 5.75 Å². The molecule has 1 amide bonds. The number of hydrogen-bond donors (Lipinski definition) is 1. The van der Waals surface area contributed by atoms with Crippen LogP contribution in [0.2, 0.25) is 0 Å². The molecule has 0 unspecified atom stereocenters. The van der Waals surface area contributed by atoms with Crippen molar-refractivity contribution in [2.75, 3.05) is 20.2 Å². The minimum atomic E-state index is -0.0731. The lowest BCUT2D eigenvalue weighted by atomic mass is 10.0. The molecule has 4 nitrogen and oxygen atoms in total. The van der Waals surface area contributed by atoms with Crippen LogP contribution in [0.1, 0.15) is 46.3 Å². The van der Waals surface area contributed by atoms with Crippen LogP contribution in [0.25, 0.3) is 0 Å². The molecule has 2 aromatic rings. The number of ether oxygens (including phenoxy) is 1. The molecule has 4 heteroatoms. The molecule has 2 aromatic carbocycles. The van der Waals surface area contributed by atoms with E-state index in [2.05, 4.69) is 28.4 Å². The van der Waals surface area contributed by atoms with Crippen LogP contribution in [0.4, 0.5) is 0 Å². The number of hydrogen-bond acceptors (Lipinski definition) is 3. The number of rotatable bonds is 6. The average Bonchev–Trinajstić information content (AvgIpc) is 2.68. The van der Waals surface area contributed by atoms with Gasteiger partial charge in [0.1, 0.15) is 5.75 Å². The fourth-order valence-corrected chi connectivity index (χ4v) is 3.48. The van der Waals surface area contributed by atoms with Crippen molar-refractivity contribution in [1.82, 2.24) is 10.2 Å². The van der Waals surface area contributed by atoms with E-state index < -0.39 is 0 Å². The van der Waals surface area contributed by atoms with Crippen LogP contribution < -0.4 is 10.1 Å². The summed E-state index contributed by atoms with van der Waals surface area (Å²) in [6, 6.07) is 13.9. The van der Waals surface area contributed by atoms with Crippen LogP contribution in [0.5, 0.6) is 5.75 Å². The molecule has 0 spiro atoms. The second-order valence-electron chi connectivity index (χ2n) is 6.97. The van der Waals surface area contributed by atoms with Gasteiger partial charge in [0.25, 0.3) is 5.91 Å². The van der Waals surface area contributed by atoms with Gasteiger partial charge in [-0.05, 0) is 61.7 Å². The maximum Gasteiger partial charge on any atom is 0.251 e. The van der Waals surface area contributed by atoms with Crippen LogP contribution in [-0.4, -0.2) is 31.0 Å². The van der Waals surface area contributed by atoms with Gasteiger partial charge in [-0.15, -0.1) is 0 Å². The van der Waals surface area contributed by atoms with Crippen molar-refractivity contribution in [2.45, 2.75) is 39.3 Å². The Morgan fingerprint density at radius 1 is 1.08 bits per heavy atom. The van der Waals surface area contributed by atoms with Gasteiger partial charge in [-0.1, -0.05) is 36.8 Å². The van der Waals surface area contributed by atoms with E-state index in [0.717, 1.165) is 17.9 Å². The SMILES string of the molecule is COc1cc(C(=O)NCc2ccccc2CN2CCCCC2)ccc1C. The van der Waals surface area contributed by atoms with Gasteiger partial charge in [0.15, 0.2) is 0 Å². The number of piperidine rings is 1. The first-order chi connectivity index (χ1) is 12.7. The van der Waals surface area contributed by atoms with E-state index in [0.29, 0.717) is 12.1 Å². The largest absolute Gasteiger partial charge is 0.496 e. The summed E-state index contributed by atoms with van der Waals surface area (Å²) in [7, 11) is 1.63. The zero-order valence-electron chi connectivity index (χ0n) is 15.8. The molecule has 1 aliphatic rings. The highest BCUT2D eigenvalue weighted by Crippen LogP contribution is 2.19. The van der Waals surface area contributed by atoms with Crippen LogP contribution in [0, 0.1) is 6.92 Å². The fourth-order valence-electron chi connectivity index (χ4n) is 3.48. The number of nitrogens with one attached hydrogen (secondary N) is 1. The Kier molecular flexibility index (Phi) is 6.29. The van der Waals surface area contributed by atoms with E-state index in [1.54, 1.807) is 13.2 Å². The van der Waals surface area contributed by atoms with Gasteiger partial charge in [-0.25, -0.2) is 0 Å². The first kappa shape index (κ1) is 18.5. The van der Waals surface area contributed by atoms with Gasteiger partial charge >= 0.3 is 0 Å². The summed E-state index contributed by atoms with van der Waals surface area (Å²) in [5.41, 5.74) is 4.14. The van der Waals surface area contributed by atoms with Crippen molar-refractivity contribution in [2.24, 2.45) is 0 Å². The Bertz CT molecular complexity index is 752. The average molecular weight is 352 g/mol. The van der Waals surface area contributed by atoms with Crippen molar-refractivity contribution in [1.29, 1.82) is 0 Å². The summed E-state index contributed by atoms with van der Waals surface area (Å²) in [5.74, 6) is 0.666. The molecule has 138 valence electrons. The second-order valence-corrected chi connectivity index (χ2v) is 6.97. The van der Waals surface area contributed by atoms with Crippen LogP contribution in [-0.2, 0) is 13.1 Å². The zero-order chi connectivity index (χ0) is 18.4.